The third kappa shape index (κ3) is 2.58. The van der Waals surface area contributed by atoms with Gasteiger partial charge in [0.2, 0.25) is 0 Å². The van der Waals surface area contributed by atoms with E-state index in [1.54, 1.807) is 0 Å². The summed E-state index contributed by atoms with van der Waals surface area (Å²) in [5.74, 6) is 5.74. The van der Waals surface area contributed by atoms with E-state index in [0.717, 1.165) is 35.5 Å². The molecule has 172 valence electrons. The Balaban J connectivity index is 1.54. The van der Waals surface area contributed by atoms with E-state index in [1.165, 1.54) is 70.6 Å². The molecule has 0 N–H and O–H groups in total. The zero-order valence-electron chi connectivity index (χ0n) is 21.7. The minimum Gasteiger partial charge on any atom is -0.0622 e. The predicted molar refractivity (Wildman–Crippen MR) is 129 cm³/mol. The molecule has 5 aliphatic rings. The first-order valence-corrected chi connectivity index (χ1v) is 13.9. The van der Waals surface area contributed by atoms with Crippen molar-refractivity contribution in [1.29, 1.82) is 0 Å². The van der Waals surface area contributed by atoms with Gasteiger partial charge < -0.3 is 0 Å². The highest BCUT2D eigenvalue weighted by atomic mass is 14.7. The van der Waals surface area contributed by atoms with E-state index in [-0.39, 0.29) is 0 Å². The van der Waals surface area contributed by atoms with Crippen molar-refractivity contribution in [2.45, 2.75) is 126 Å². The van der Waals surface area contributed by atoms with Crippen LogP contribution in [0.25, 0.3) is 0 Å². The summed E-state index contributed by atoms with van der Waals surface area (Å²) in [5, 5.41) is 0. The monoisotopic (exact) mass is 412 g/mol. The van der Waals surface area contributed by atoms with Crippen molar-refractivity contribution in [3.63, 3.8) is 0 Å². The second-order valence-corrected chi connectivity index (χ2v) is 15.1. The van der Waals surface area contributed by atoms with Crippen molar-refractivity contribution in [3.05, 3.63) is 0 Å². The van der Waals surface area contributed by atoms with Crippen LogP contribution in [-0.2, 0) is 0 Å². The van der Waals surface area contributed by atoms with Crippen molar-refractivity contribution < 1.29 is 0 Å². The Morgan fingerprint density at radius 2 is 1.33 bits per heavy atom. The van der Waals surface area contributed by atoms with Gasteiger partial charge in [-0.05, 0) is 127 Å². The summed E-state index contributed by atoms with van der Waals surface area (Å²) in [6.45, 7) is 21.5. The van der Waals surface area contributed by atoms with Gasteiger partial charge in [0.15, 0.2) is 0 Å². The van der Waals surface area contributed by atoms with Crippen LogP contribution in [0.4, 0.5) is 0 Å². The Kier molecular flexibility index (Phi) is 4.75. The highest BCUT2D eigenvalue weighted by Crippen LogP contribution is 2.76. The Labute approximate surface area is 188 Å². The van der Waals surface area contributed by atoms with Gasteiger partial charge in [0.1, 0.15) is 0 Å². The van der Waals surface area contributed by atoms with Gasteiger partial charge in [0.25, 0.3) is 0 Å². The van der Waals surface area contributed by atoms with E-state index in [0.29, 0.717) is 27.1 Å². The van der Waals surface area contributed by atoms with Crippen molar-refractivity contribution >= 4 is 0 Å². The van der Waals surface area contributed by atoms with Gasteiger partial charge in [0, 0.05) is 0 Å². The molecule has 5 saturated carbocycles. The van der Waals surface area contributed by atoms with Crippen LogP contribution in [0.1, 0.15) is 126 Å². The fourth-order valence-corrected chi connectivity index (χ4v) is 11.8. The lowest BCUT2D eigenvalue weighted by Gasteiger charge is -2.73. The molecule has 5 rings (SSSR count). The summed E-state index contributed by atoms with van der Waals surface area (Å²) >= 11 is 0. The number of rotatable bonds is 0. The zero-order chi connectivity index (χ0) is 21.7. The highest BCUT2D eigenvalue weighted by molar-refractivity contribution is 5.17. The van der Waals surface area contributed by atoms with E-state index in [1.807, 2.05) is 0 Å². The first-order chi connectivity index (χ1) is 13.9. The fraction of sp³-hybridized carbons (Fsp3) is 1.00. The van der Waals surface area contributed by atoms with Gasteiger partial charge in [-0.2, -0.15) is 0 Å². The van der Waals surface area contributed by atoms with Crippen LogP contribution in [-0.4, -0.2) is 0 Å². The molecule has 0 aromatic heterocycles. The lowest BCUT2D eigenvalue weighted by Crippen LogP contribution is -2.66. The number of fused-ring (bicyclic) bond motifs is 7. The normalized spacial score (nSPS) is 60.0. The van der Waals surface area contributed by atoms with Crippen LogP contribution in [0.5, 0.6) is 0 Å². The summed E-state index contributed by atoms with van der Waals surface area (Å²) in [6, 6.07) is 0. The van der Waals surface area contributed by atoms with E-state index in [9.17, 15) is 0 Å². The zero-order valence-corrected chi connectivity index (χ0v) is 21.7. The van der Waals surface area contributed by atoms with Crippen LogP contribution in [0.3, 0.4) is 0 Å². The molecule has 30 heavy (non-hydrogen) atoms. The standard InChI is InChI=1S/C30H52/c1-20-12-16-27(5)18-19-29(7)22(25(27)21(20)2)10-11-24-28(6)15-9-14-26(3,4)23(28)13-17-30(24,29)8/h20-25H,9-19H2,1-8H3/t20-,21?,22-,23+,24-,25?,27-,28+,29-,30-/m1/s1. The minimum absolute atomic E-state index is 0.560. The Bertz CT molecular complexity index is 690. The quantitative estimate of drug-likeness (QED) is 0.372. The third-order valence-corrected chi connectivity index (χ3v) is 13.8. The van der Waals surface area contributed by atoms with Gasteiger partial charge in [0.05, 0.1) is 0 Å². The molecule has 0 bridgehead atoms. The molecule has 0 aromatic carbocycles. The maximum Gasteiger partial charge on any atom is -0.0235 e. The predicted octanol–water partition coefficient (Wildman–Crippen LogP) is 9.13. The summed E-state index contributed by atoms with van der Waals surface area (Å²) in [7, 11) is 0. The molecule has 0 amide bonds. The molecule has 0 aromatic rings. The lowest BCUT2D eigenvalue weighted by molar-refractivity contribution is -0.247. The van der Waals surface area contributed by atoms with E-state index in [4.69, 9.17) is 0 Å². The molecule has 2 unspecified atom stereocenters. The van der Waals surface area contributed by atoms with Crippen molar-refractivity contribution in [1.82, 2.24) is 0 Å². The number of hydrogen-bond donors (Lipinski definition) is 0. The topological polar surface area (TPSA) is 0 Å². The van der Waals surface area contributed by atoms with Crippen molar-refractivity contribution in [2.75, 3.05) is 0 Å². The maximum absolute atomic E-state index is 2.81. The molecular formula is C30H52. The molecule has 0 nitrogen and oxygen atoms in total. The lowest BCUT2D eigenvalue weighted by atomic mass is 9.31. The molecule has 0 aliphatic heterocycles. The second-order valence-electron chi connectivity index (χ2n) is 15.1. The van der Waals surface area contributed by atoms with Gasteiger partial charge in [-0.15, -0.1) is 0 Å². The Morgan fingerprint density at radius 3 is 2.07 bits per heavy atom. The van der Waals surface area contributed by atoms with Crippen molar-refractivity contribution in [2.24, 2.45) is 62.6 Å². The molecule has 0 saturated heterocycles. The molecule has 0 heterocycles. The third-order valence-electron chi connectivity index (χ3n) is 13.8. The average molecular weight is 413 g/mol. The first-order valence-electron chi connectivity index (χ1n) is 13.9. The van der Waals surface area contributed by atoms with Crippen molar-refractivity contribution in [3.8, 4) is 0 Å². The van der Waals surface area contributed by atoms with Crippen LogP contribution >= 0.6 is 0 Å². The van der Waals surface area contributed by atoms with Crippen LogP contribution in [0.15, 0.2) is 0 Å². The molecule has 5 aliphatic carbocycles. The van der Waals surface area contributed by atoms with Gasteiger partial charge in [-0.1, -0.05) is 61.8 Å². The average Bonchev–Trinajstić information content (AvgIpc) is 2.65. The van der Waals surface area contributed by atoms with E-state index < -0.39 is 0 Å². The van der Waals surface area contributed by atoms with Gasteiger partial charge >= 0.3 is 0 Å². The van der Waals surface area contributed by atoms with Crippen LogP contribution < -0.4 is 0 Å². The Morgan fingerprint density at radius 1 is 0.600 bits per heavy atom. The highest BCUT2D eigenvalue weighted by Gasteiger charge is 2.69. The molecule has 10 atom stereocenters. The minimum atomic E-state index is 0.560. The molecular weight excluding hydrogens is 360 g/mol. The molecule has 0 heteroatoms. The van der Waals surface area contributed by atoms with Gasteiger partial charge in [-0.3, -0.25) is 0 Å². The first kappa shape index (κ1) is 21.8. The van der Waals surface area contributed by atoms with Crippen LogP contribution in [0, 0.1) is 62.6 Å². The maximum atomic E-state index is 2.81. The summed E-state index contributed by atoms with van der Waals surface area (Å²) < 4.78 is 0. The molecule has 0 radical (unpaired) electrons. The van der Waals surface area contributed by atoms with E-state index >= 15 is 0 Å². The summed E-state index contributed by atoms with van der Waals surface area (Å²) in [5.41, 5.74) is 2.92. The fourth-order valence-electron chi connectivity index (χ4n) is 11.8. The summed E-state index contributed by atoms with van der Waals surface area (Å²) in [6.07, 6.45) is 16.6. The summed E-state index contributed by atoms with van der Waals surface area (Å²) in [4.78, 5) is 0. The molecule has 5 fully saturated rings. The van der Waals surface area contributed by atoms with E-state index in [2.05, 4.69) is 55.4 Å². The van der Waals surface area contributed by atoms with Crippen LogP contribution in [0.2, 0.25) is 0 Å². The molecule has 0 spiro atoms. The largest absolute Gasteiger partial charge is 0.0622 e. The smallest absolute Gasteiger partial charge is 0.0235 e. The van der Waals surface area contributed by atoms with Gasteiger partial charge in [-0.25, -0.2) is 0 Å². The second kappa shape index (κ2) is 6.53. The Hall–Kier alpha value is 0. The number of hydrogen-bond acceptors (Lipinski definition) is 0. The SMILES string of the molecule is CC1C2[C@H]3CC[C@@H]4[C@@]5(C)CCCC(C)(C)[C@@H]5CC[C@@]4(C)[C@]3(C)CC[C@@]2(C)CC[C@H]1C.